The zero-order valence-electron chi connectivity index (χ0n) is 16.8. The van der Waals surface area contributed by atoms with Crippen LogP contribution in [0.3, 0.4) is 0 Å². The highest BCUT2D eigenvalue weighted by Crippen LogP contribution is 2.30. The molecule has 0 radical (unpaired) electrons. The quantitative estimate of drug-likeness (QED) is 0.462. The fourth-order valence-corrected chi connectivity index (χ4v) is 5.00. The normalized spacial score (nSPS) is 16.5. The predicted molar refractivity (Wildman–Crippen MR) is 120 cm³/mol. The SMILES string of the molecule is CCOC(=O)C1=C(CS(=O)(=O)c2ccc(Cl)cc2)NC(=O)N[C@H]1c1ccc(SC)cc1. The lowest BCUT2D eigenvalue weighted by atomic mass is 9.95. The van der Waals surface area contributed by atoms with Gasteiger partial charge in [-0.3, -0.25) is 0 Å². The number of esters is 1. The van der Waals surface area contributed by atoms with Crippen molar-refractivity contribution in [2.24, 2.45) is 0 Å². The van der Waals surface area contributed by atoms with E-state index >= 15 is 0 Å². The molecular weight excluding hydrogens is 460 g/mol. The van der Waals surface area contributed by atoms with Crippen molar-refractivity contribution in [3.63, 3.8) is 0 Å². The third kappa shape index (κ3) is 5.41. The first-order chi connectivity index (χ1) is 14.7. The van der Waals surface area contributed by atoms with Crippen molar-refractivity contribution in [2.45, 2.75) is 22.8 Å². The molecule has 2 amide bonds. The molecule has 164 valence electrons. The number of amides is 2. The Balaban J connectivity index is 2.07. The molecule has 10 heteroatoms. The van der Waals surface area contributed by atoms with Crippen LogP contribution in [-0.4, -0.2) is 39.0 Å². The number of hydrogen-bond donors (Lipinski definition) is 2. The number of thioether (sulfide) groups is 1. The summed E-state index contributed by atoms with van der Waals surface area (Å²) in [4.78, 5) is 26.2. The van der Waals surface area contributed by atoms with E-state index in [0.717, 1.165) is 4.90 Å². The Morgan fingerprint density at radius 1 is 1.13 bits per heavy atom. The van der Waals surface area contributed by atoms with Gasteiger partial charge in [0.15, 0.2) is 9.84 Å². The van der Waals surface area contributed by atoms with Gasteiger partial charge >= 0.3 is 12.0 Å². The van der Waals surface area contributed by atoms with Crippen LogP contribution in [0, 0.1) is 0 Å². The molecule has 0 unspecified atom stereocenters. The third-order valence-corrected chi connectivity index (χ3v) is 7.26. The average Bonchev–Trinajstić information content (AvgIpc) is 2.73. The number of carbonyl (C=O) groups is 2. The van der Waals surface area contributed by atoms with Crippen molar-refractivity contribution < 1.29 is 22.7 Å². The van der Waals surface area contributed by atoms with Crippen LogP contribution in [0.1, 0.15) is 18.5 Å². The number of sulfone groups is 1. The summed E-state index contributed by atoms with van der Waals surface area (Å²) in [5, 5.41) is 5.58. The zero-order valence-corrected chi connectivity index (χ0v) is 19.2. The Morgan fingerprint density at radius 2 is 1.77 bits per heavy atom. The summed E-state index contributed by atoms with van der Waals surface area (Å²) < 4.78 is 31.1. The number of urea groups is 1. The molecule has 1 heterocycles. The van der Waals surface area contributed by atoms with Crippen LogP contribution in [0.2, 0.25) is 5.02 Å². The van der Waals surface area contributed by atoms with Crippen LogP contribution in [0.4, 0.5) is 4.79 Å². The van der Waals surface area contributed by atoms with Gasteiger partial charge in [-0.1, -0.05) is 23.7 Å². The van der Waals surface area contributed by atoms with Gasteiger partial charge in [-0.15, -0.1) is 11.8 Å². The molecule has 31 heavy (non-hydrogen) atoms. The highest BCUT2D eigenvalue weighted by molar-refractivity contribution is 7.98. The highest BCUT2D eigenvalue weighted by Gasteiger charge is 2.35. The Morgan fingerprint density at radius 3 is 2.35 bits per heavy atom. The van der Waals surface area contributed by atoms with Gasteiger partial charge in [-0.05, 0) is 55.1 Å². The molecule has 2 N–H and O–H groups in total. The number of halogens is 1. The van der Waals surface area contributed by atoms with Crippen molar-refractivity contribution in [3.05, 3.63) is 70.4 Å². The van der Waals surface area contributed by atoms with Crippen LogP contribution < -0.4 is 10.6 Å². The van der Waals surface area contributed by atoms with Crippen LogP contribution >= 0.6 is 23.4 Å². The second-order valence-electron chi connectivity index (χ2n) is 6.63. The molecule has 0 fully saturated rings. The highest BCUT2D eigenvalue weighted by atomic mass is 35.5. The topological polar surface area (TPSA) is 102 Å². The first kappa shape index (κ1) is 23.2. The second kappa shape index (κ2) is 9.76. The van der Waals surface area contributed by atoms with E-state index < -0.39 is 33.6 Å². The minimum absolute atomic E-state index is 0.0175. The number of ether oxygens (including phenoxy) is 1. The number of nitrogens with one attached hydrogen (secondary N) is 2. The molecule has 1 aliphatic heterocycles. The molecule has 1 atom stereocenters. The van der Waals surface area contributed by atoms with Gasteiger partial charge in [0.25, 0.3) is 0 Å². The van der Waals surface area contributed by atoms with E-state index in [4.69, 9.17) is 16.3 Å². The molecule has 0 saturated carbocycles. The summed E-state index contributed by atoms with van der Waals surface area (Å²) in [5.41, 5.74) is 0.670. The van der Waals surface area contributed by atoms with E-state index in [1.807, 2.05) is 18.4 Å². The average molecular weight is 481 g/mol. The lowest BCUT2D eigenvalue weighted by Crippen LogP contribution is -2.47. The van der Waals surface area contributed by atoms with E-state index in [1.54, 1.807) is 30.8 Å². The second-order valence-corrected chi connectivity index (χ2v) is 9.94. The summed E-state index contributed by atoms with van der Waals surface area (Å²) in [5.74, 6) is -1.27. The van der Waals surface area contributed by atoms with Crippen LogP contribution in [-0.2, 0) is 19.4 Å². The van der Waals surface area contributed by atoms with Crippen LogP contribution in [0.25, 0.3) is 0 Å². The molecule has 0 spiro atoms. The summed E-state index contributed by atoms with van der Waals surface area (Å²) in [6.45, 7) is 1.76. The maximum absolute atomic E-state index is 13.0. The minimum Gasteiger partial charge on any atom is -0.463 e. The fraction of sp³-hybridized carbons (Fsp3) is 0.238. The predicted octanol–water partition coefficient (Wildman–Crippen LogP) is 3.71. The molecule has 0 aliphatic carbocycles. The van der Waals surface area contributed by atoms with Crippen molar-refractivity contribution in [1.29, 1.82) is 0 Å². The molecule has 2 aromatic rings. The van der Waals surface area contributed by atoms with Gasteiger partial charge in [0.1, 0.15) is 0 Å². The van der Waals surface area contributed by atoms with E-state index in [2.05, 4.69) is 10.6 Å². The first-order valence-corrected chi connectivity index (χ1v) is 12.6. The Bertz CT molecular complexity index is 1110. The van der Waals surface area contributed by atoms with Gasteiger partial charge in [0.05, 0.1) is 28.9 Å². The monoisotopic (exact) mass is 480 g/mol. The number of carbonyl (C=O) groups excluding carboxylic acids is 2. The summed E-state index contributed by atoms with van der Waals surface area (Å²) in [6.07, 6.45) is 1.94. The molecule has 0 aromatic heterocycles. The van der Waals surface area contributed by atoms with Gasteiger partial charge in [0, 0.05) is 15.6 Å². The smallest absolute Gasteiger partial charge is 0.338 e. The van der Waals surface area contributed by atoms with Crippen molar-refractivity contribution in [1.82, 2.24) is 10.6 Å². The van der Waals surface area contributed by atoms with Gasteiger partial charge in [0.2, 0.25) is 0 Å². The van der Waals surface area contributed by atoms with E-state index in [1.165, 1.54) is 24.3 Å². The van der Waals surface area contributed by atoms with E-state index in [-0.39, 0.29) is 22.8 Å². The molecule has 2 aromatic carbocycles. The zero-order chi connectivity index (χ0) is 22.6. The summed E-state index contributed by atoms with van der Waals surface area (Å²) in [6, 6.07) is 11.5. The van der Waals surface area contributed by atoms with Crippen LogP contribution in [0.5, 0.6) is 0 Å². The summed E-state index contributed by atoms with van der Waals surface area (Å²) >= 11 is 7.40. The lowest BCUT2D eigenvalue weighted by Gasteiger charge is -2.29. The maximum atomic E-state index is 13.0. The van der Waals surface area contributed by atoms with Crippen molar-refractivity contribution >= 4 is 45.2 Å². The molecule has 7 nitrogen and oxygen atoms in total. The number of hydrogen-bond acceptors (Lipinski definition) is 6. The molecule has 0 saturated heterocycles. The van der Waals surface area contributed by atoms with Crippen LogP contribution in [0.15, 0.2) is 69.6 Å². The van der Waals surface area contributed by atoms with Gasteiger partial charge in [-0.25, -0.2) is 18.0 Å². The third-order valence-electron chi connectivity index (χ3n) is 4.61. The maximum Gasteiger partial charge on any atom is 0.338 e. The standard InChI is InChI=1S/C21H21ClN2O5S2/c1-3-29-20(25)18-17(12-31(27,28)16-10-6-14(22)7-11-16)23-21(26)24-19(18)13-4-8-15(30-2)9-5-13/h4-11,19H,3,12H2,1-2H3,(H2,23,24,26)/t19-/m0/s1. The fourth-order valence-electron chi connectivity index (χ4n) is 3.14. The van der Waals surface area contributed by atoms with Gasteiger partial charge in [-0.2, -0.15) is 0 Å². The summed E-state index contributed by atoms with van der Waals surface area (Å²) in [7, 11) is -3.87. The molecule has 0 bridgehead atoms. The number of rotatable bonds is 7. The minimum atomic E-state index is -3.87. The Kier molecular flexibility index (Phi) is 7.30. The Hall–Kier alpha value is -2.49. The Labute approximate surface area is 190 Å². The largest absolute Gasteiger partial charge is 0.463 e. The molecular formula is C21H21ClN2O5S2. The first-order valence-electron chi connectivity index (χ1n) is 9.35. The van der Waals surface area contributed by atoms with Crippen molar-refractivity contribution in [2.75, 3.05) is 18.6 Å². The van der Waals surface area contributed by atoms with E-state index in [9.17, 15) is 18.0 Å². The molecule has 1 aliphatic rings. The van der Waals surface area contributed by atoms with Crippen molar-refractivity contribution in [3.8, 4) is 0 Å². The number of benzene rings is 2. The molecule has 3 rings (SSSR count). The lowest BCUT2D eigenvalue weighted by molar-refractivity contribution is -0.139. The van der Waals surface area contributed by atoms with E-state index in [0.29, 0.717) is 10.6 Å². The van der Waals surface area contributed by atoms with Gasteiger partial charge < -0.3 is 15.4 Å².